The molecule has 0 saturated carbocycles. The lowest BCUT2D eigenvalue weighted by Gasteiger charge is -2.10. The van der Waals surface area contributed by atoms with Crippen LogP contribution in [0, 0.1) is 27.7 Å². The van der Waals surface area contributed by atoms with Gasteiger partial charge in [-0.1, -0.05) is 52.8 Å². The van der Waals surface area contributed by atoms with Gasteiger partial charge < -0.3 is 9.47 Å². The van der Waals surface area contributed by atoms with Crippen LogP contribution in [-0.2, 0) is 39.1 Å². The number of hydrogen-bond acceptors (Lipinski definition) is 8. The number of halogens is 1. The first kappa shape index (κ1) is 40.5. The van der Waals surface area contributed by atoms with E-state index in [1.807, 2.05) is 52.0 Å². The fourth-order valence-electron chi connectivity index (χ4n) is 4.23. The molecule has 0 aliphatic rings. The van der Waals surface area contributed by atoms with Crippen LogP contribution in [0.5, 0.6) is 0 Å². The molecule has 4 rings (SSSR count). The molecule has 0 aliphatic carbocycles. The highest BCUT2D eigenvalue weighted by molar-refractivity contribution is 9.10. The van der Waals surface area contributed by atoms with E-state index in [0.717, 1.165) is 32.8 Å². The number of esters is 2. The largest absolute Gasteiger partial charge is 0.466 e. The van der Waals surface area contributed by atoms with Gasteiger partial charge >= 0.3 is 11.9 Å². The summed E-state index contributed by atoms with van der Waals surface area (Å²) in [6, 6.07) is 24.1. The van der Waals surface area contributed by atoms with E-state index in [2.05, 4.69) is 41.4 Å². The molecular weight excluding hydrogens is 732 g/mol. The highest BCUT2D eigenvalue weighted by atomic mass is 79.9. The van der Waals surface area contributed by atoms with Crippen molar-refractivity contribution in [1.29, 1.82) is 0 Å². The van der Waals surface area contributed by atoms with E-state index in [0.29, 0.717) is 16.9 Å². The van der Waals surface area contributed by atoms with E-state index in [1.54, 1.807) is 48.5 Å². The highest BCUT2D eigenvalue weighted by Crippen LogP contribution is 2.22. The van der Waals surface area contributed by atoms with Gasteiger partial charge in [-0.25, -0.2) is 26.4 Å². The molecule has 0 atom stereocenters. The molecule has 4 aromatic rings. The molecule has 0 saturated heterocycles. The number of nitrogens with one attached hydrogen (secondary N) is 2. The quantitative estimate of drug-likeness (QED) is 0.132. The van der Waals surface area contributed by atoms with Crippen molar-refractivity contribution < 1.29 is 35.9 Å². The molecule has 0 heterocycles. The maximum absolute atomic E-state index is 12.5. The van der Waals surface area contributed by atoms with E-state index < -0.39 is 32.0 Å². The van der Waals surface area contributed by atoms with Crippen LogP contribution in [0.4, 0.5) is 11.4 Å². The van der Waals surface area contributed by atoms with Crippen LogP contribution < -0.4 is 9.44 Å². The van der Waals surface area contributed by atoms with Gasteiger partial charge in [-0.05, 0) is 116 Å². The Hall–Kier alpha value is -4.72. The summed E-state index contributed by atoms with van der Waals surface area (Å²) in [6.07, 6.45) is 3.85. The third kappa shape index (κ3) is 14.1. The Labute approximate surface area is 297 Å². The van der Waals surface area contributed by atoms with Gasteiger partial charge in [-0.3, -0.25) is 9.44 Å². The summed E-state index contributed by atoms with van der Waals surface area (Å²) < 4.78 is 64.1. The van der Waals surface area contributed by atoms with E-state index >= 15 is 0 Å². The minimum absolute atomic E-state index is 0.119. The zero-order valence-corrected chi connectivity index (χ0v) is 31.2. The summed E-state index contributed by atoms with van der Waals surface area (Å²) >= 11 is 3.27. The van der Waals surface area contributed by atoms with Crippen LogP contribution in [-0.4, -0.2) is 43.0 Å². The lowest BCUT2D eigenvalue weighted by Crippen LogP contribution is -2.13. The van der Waals surface area contributed by atoms with Crippen LogP contribution >= 0.6 is 15.9 Å². The smallest absolute Gasteiger partial charge is 0.330 e. The summed E-state index contributed by atoms with van der Waals surface area (Å²) in [7, 11) is -4.67. The lowest BCUT2D eigenvalue weighted by molar-refractivity contribution is -0.135. The fourth-order valence-corrected chi connectivity index (χ4v) is 6.96. The van der Waals surface area contributed by atoms with Gasteiger partial charge in [-0.2, -0.15) is 0 Å². The summed E-state index contributed by atoms with van der Waals surface area (Å²) in [5.41, 5.74) is 5.67. The van der Waals surface area contributed by atoms with Crippen molar-refractivity contribution in [2.75, 3.05) is 23.7 Å². The van der Waals surface area contributed by atoms with Crippen LogP contribution in [0.25, 0.3) is 6.08 Å². The Morgan fingerprint density at radius 2 is 1.08 bits per heavy atom. The fraction of sp³-hybridized carbons (Fsp3) is 0.167. The molecule has 2 N–H and O–H groups in total. The summed E-state index contributed by atoms with van der Waals surface area (Å²) in [5.74, 6) is -0.897. The number of aryl methyl sites for hydroxylation is 4. The van der Waals surface area contributed by atoms with E-state index in [1.165, 1.54) is 38.5 Å². The molecule has 0 amide bonds. The molecule has 13 heteroatoms. The molecule has 49 heavy (non-hydrogen) atoms. The first-order valence-electron chi connectivity index (χ1n) is 14.5. The average Bonchev–Trinajstić information content (AvgIpc) is 3.02. The minimum atomic E-state index is -3.71. The van der Waals surface area contributed by atoms with Crippen LogP contribution in [0.1, 0.15) is 27.8 Å². The number of carbonyl (C=O) groups excluding carboxylic acids is 2. The second kappa shape index (κ2) is 18.7. The molecular formula is C36H39BrN2O8S2. The van der Waals surface area contributed by atoms with Crippen molar-refractivity contribution >= 4 is 65.4 Å². The summed E-state index contributed by atoms with van der Waals surface area (Å²) in [6.45, 7) is 10.8. The van der Waals surface area contributed by atoms with Crippen molar-refractivity contribution in [2.24, 2.45) is 0 Å². The SMILES string of the molecule is C=CC(=O)OC.COC(=O)/C=C/c1cccc(S(=O)(=O)Nc2cc(C)cc(C)c2)c1.Cc1cc(C)cc(NS(=O)(=O)c2cccc(Br)c2)c1. The predicted molar refractivity (Wildman–Crippen MR) is 197 cm³/mol. The lowest BCUT2D eigenvalue weighted by atomic mass is 10.1. The molecule has 4 aromatic carbocycles. The van der Waals surface area contributed by atoms with Gasteiger partial charge in [0.25, 0.3) is 20.0 Å². The van der Waals surface area contributed by atoms with Gasteiger partial charge in [0.1, 0.15) is 0 Å². The maximum Gasteiger partial charge on any atom is 0.330 e. The van der Waals surface area contributed by atoms with Crippen molar-refractivity contribution in [3.05, 3.63) is 136 Å². The number of sulfonamides is 2. The van der Waals surface area contributed by atoms with E-state index in [9.17, 15) is 26.4 Å². The third-order valence-electron chi connectivity index (χ3n) is 6.20. The maximum atomic E-state index is 12.5. The Balaban J connectivity index is 0.000000297. The number of hydrogen-bond donors (Lipinski definition) is 2. The zero-order chi connectivity index (χ0) is 36.8. The van der Waals surface area contributed by atoms with E-state index in [4.69, 9.17) is 0 Å². The molecule has 0 radical (unpaired) electrons. The Bertz CT molecular complexity index is 2000. The third-order valence-corrected chi connectivity index (χ3v) is 9.45. The second-order valence-electron chi connectivity index (χ2n) is 10.6. The zero-order valence-electron chi connectivity index (χ0n) is 28.0. The normalized spacial score (nSPS) is 10.8. The predicted octanol–water partition coefficient (Wildman–Crippen LogP) is 7.50. The van der Waals surface area contributed by atoms with Gasteiger partial charge in [0.15, 0.2) is 0 Å². The number of carbonyl (C=O) groups is 2. The van der Waals surface area contributed by atoms with E-state index in [-0.39, 0.29) is 9.79 Å². The standard InChI is InChI=1S/C18H19NO4S.C14H14BrNO2S.C4H6O2/c1-13-9-14(2)11-16(10-13)19-24(21,22)17-6-4-5-15(12-17)7-8-18(20)23-3;1-10-6-11(2)8-13(7-10)16-19(17,18)14-5-3-4-12(15)9-14;1-3-4(5)6-2/h4-12,19H,1-3H3;3-9,16H,1-2H3;3H,1H2,2H3/b8-7+;;. The first-order valence-corrected chi connectivity index (χ1v) is 18.3. The minimum Gasteiger partial charge on any atom is -0.466 e. The monoisotopic (exact) mass is 770 g/mol. The molecule has 0 spiro atoms. The van der Waals surface area contributed by atoms with Crippen molar-refractivity contribution in [3.8, 4) is 0 Å². The topological polar surface area (TPSA) is 145 Å². The van der Waals surface area contributed by atoms with Crippen LogP contribution in [0.15, 0.2) is 118 Å². The Morgan fingerprint density at radius 3 is 1.47 bits per heavy atom. The number of methoxy groups -OCH3 is 2. The van der Waals surface area contributed by atoms with Gasteiger partial charge in [0.2, 0.25) is 0 Å². The molecule has 0 fully saturated rings. The average molecular weight is 772 g/mol. The number of benzene rings is 4. The number of rotatable bonds is 9. The summed E-state index contributed by atoms with van der Waals surface area (Å²) in [4.78, 5) is 21.3. The van der Waals surface area contributed by atoms with Crippen molar-refractivity contribution in [1.82, 2.24) is 0 Å². The molecule has 260 valence electrons. The Kier molecular flexibility index (Phi) is 15.5. The second-order valence-corrected chi connectivity index (χ2v) is 14.9. The van der Waals surface area contributed by atoms with Crippen molar-refractivity contribution in [2.45, 2.75) is 37.5 Å². The van der Waals surface area contributed by atoms with Crippen LogP contribution in [0.3, 0.4) is 0 Å². The molecule has 0 unspecified atom stereocenters. The van der Waals surface area contributed by atoms with Crippen molar-refractivity contribution in [3.63, 3.8) is 0 Å². The van der Waals surface area contributed by atoms with Crippen LogP contribution in [0.2, 0.25) is 0 Å². The molecule has 10 nitrogen and oxygen atoms in total. The Morgan fingerprint density at radius 1 is 0.653 bits per heavy atom. The molecule has 0 bridgehead atoms. The van der Waals surface area contributed by atoms with Gasteiger partial charge in [0.05, 0.1) is 24.0 Å². The molecule has 0 aliphatic heterocycles. The summed E-state index contributed by atoms with van der Waals surface area (Å²) in [5, 5.41) is 0. The first-order chi connectivity index (χ1) is 23.0. The van der Waals surface area contributed by atoms with Gasteiger partial charge in [0, 0.05) is 28.0 Å². The number of anilines is 2. The van der Waals surface area contributed by atoms with Gasteiger partial charge in [-0.15, -0.1) is 0 Å². The molecule has 0 aromatic heterocycles. The number of ether oxygens (including phenoxy) is 2. The highest BCUT2D eigenvalue weighted by Gasteiger charge is 2.16.